The molecule has 2 rings (SSSR count). The molecule has 0 N–H and O–H groups in total. The summed E-state index contributed by atoms with van der Waals surface area (Å²) in [5, 5.41) is 0. The van der Waals surface area contributed by atoms with Crippen molar-refractivity contribution >= 4 is 17.6 Å². The van der Waals surface area contributed by atoms with Crippen molar-refractivity contribution < 1.29 is 9.59 Å². The van der Waals surface area contributed by atoms with E-state index in [-0.39, 0.29) is 0 Å². The van der Waals surface area contributed by atoms with Gasteiger partial charge in [0.05, 0.1) is 0 Å². The van der Waals surface area contributed by atoms with E-state index in [0.29, 0.717) is 11.1 Å². The minimum absolute atomic E-state index is 0.403. The van der Waals surface area contributed by atoms with Gasteiger partial charge < -0.3 is 0 Å². The lowest BCUT2D eigenvalue weighted by Crippen LogP contribution is -2.20. The first kappa shape index (κ1) is 11.5. The maximum absolute atomic E-state index is 11.8. The van der Waals surface area contributed by atoms with E-state index in [1.807, 2.05) is 18.2 Å². The molecule has 0 heterocycles. The first-order valence-electron chi connectivity index (χ1n) is 5.80. The van der Waals surface area contributed by atoms with Crippen LogP contribution in [0.3, 0.4) is 0 Å². The van der Waals surface area contributed by atoms with Gasteiger partial charge in [0, 0.05) is 11.1 Å². The summed E-state index contributed by atoms with van der Waals surface area (Å²) < 4.78 is 0. The minimum Gasteiger partial charge on any atom is -0.285 e. The van der Waals surface area contributed by atoms with E-state index in [2.05, 4.69) is 6.92 Å². The van der Waals surface area contributed by atoms with E-state index in [0.717, 1.165) is 18.4 Å². The van der Waals surface area contributed by atoms with Gasteiger partial charge in [-0.05, 0) is 18.1 Å². The van der Waals surface area contributed by atoms with Gasteiger partial charge in [0.1, 0.15) is 0 Å². The van der Waals surface area contributed by atoms with Crippen LogP contribution in [0.25, 0.3) is 6.08 Å². The maximum Gasteiger partial charge on any atom is 0.234 e. The molecule has 2 nitrogen and oxygen atoms in total. The molecule has 0 bridgehead atoms. The zero-order valence-corrected chi connectivity index (χ0v) is 9.77. The van der Waals surface area contributed by atoms with Crippen molar-refractivity contribution in [3.8, 4) is 0 Å². The topological polar surface area (TPSA) is 34.1 Å². The quantitative estimate of drug-likeness (QED) is 0.742. The highest BCUT2D eigenvalue weighted by molar-refractivity contribution is 6.52. The summed E-state index contributed by atoms with van der Waals surface area (Å²) in [5.41, 5.74) is 1.82. The Labute approximate surface area is 101 Å². The molecule has 0 atom stereocenters. The fourth-order valence-corrected chi connectivity index (χ4v) is 1.82. The summed E-state index contributed by atoms with van der Waals surface area (Å²) in [6.45, 7) is 2.07. The second-order valence-electron chi connectivity index (χ2n) is 4.04. The summed E-state index contributed by atoms with van der Waals surface area (Å²) in [4.78, 5) is 23.6. The molecule has 0 fully saturated rings. The van der Waals surface area contributed by atoms with E-state index in [1.54, 1.807) is 24.3 Å². The molecule has 0 unspecified atom stereocenters. The van der Waals surface area contributed by atoms with E-state index >= 15 is 0 Å². The van der Waals surface area contributed by atoms with Crippen molar-refractivity contribution in [3.63, 3.8) is 0 Å². The van der Waals surface area contributed by atoms with Gasteiger partial charge in [-0.2, -0.15) is 0 Å². The fraction of sp³-hybridized carbons (Fsp3) is 0.200. The van der Waals surface area contributed by atoms with Crippen LogP contribution in [-0.4, -0.2) is 11.6 Å². The first-order valence-corrected chi connectivity index (χ1v) is 5.80. The number of carbonyl (C=O) groups excluding carboxylic acids is 2. The van der Waals surface area contributed by atoms with Gasteiger partial charge in [0.15, 0.2) is 0 Å². The van der Waals surface area contributed by atoms with Crippen molar-refractivity contribution in [2.45, 2.75) is 19.8 Å². The predicted molar refractivity (Wildman–Crippen MR) is 67.8 cm³/mol. The van der Waals surface area contributed by atoms with Gasteiger partial charge >= 0.3 is 0 Å². The molecule has 0 saturated heterocycles. The second-order valence-corrected chi connectivity index (χ2v) is 4.04. The third-order valence-electron chi connectivity index (χ3n) is 2.74. The molecule has 0 radical (unpaired) electrons. The number of allylic oxidation sites excluding steroid dienone is 3. The zero-order chi connectivity index (χ0) is 12.3. The fourth-order valence-electron chi connectivity index (χ4n) is 1.82. The maximum atomic E-state index is 11.8. The third kappa shape index (κ3) is 2.26. The summed E-state index contributed by atoms with van der Waals surface area (Å²) in [5.74, 6) is -0.810. The third-order valence-corrected chi connectivity index (χ3v) is 2.74. The highest BCUT2D eigenvalue weighted by Gasteiger charge is 2.25. The van der Waals surface area contributed by atoms with Crippen LogP contribution in [0.1, 0.15) is 35.7 Å². The van der Waals surface area contributed by atoms with Crippen LogP contribution in [0, 0.1) is 0 Å². The number of hydrogen-bond donors (Lipinski definition) is 0. The Bertz CT molecular complexity index is 521. The molecule has 0 amide bonds. The van der Waals surface area contributed by atoms with Crippen molar-refractivity contribution in [1.82, 2.24) is 0 Å². The Morgan fingerprint density at radius 1 is 1.12 bits per heavy atom. The minimum atomic E-state index is -0.406. The number of benzene rings is 1. The molecule has 17 heavy (non-hydrogen) atoms. The lowest BCUT2D eigenvalue weighted by atomic mass is 9.90. The number of fused-ring (bicyclic) bond motifs is 1. The number of unbranched alkanes of at least 4 members (excludes halogenated alkanes) is 1. The number of hydrogen-bond acceptors (Lipinski definition) is 2. The van der Waals surface area contributed by atoms with Crippen LogP contribution in [0.5, 0.6) is 0 Å². The lowest BCUT2D eigenvalue weighted by Gasteiger charge is -2.11. The Balaban J connectivity index is 2.39. The Morgan fingerprint density at radius 2 is 1.88 bits per heavy atom. The average Bonchev–Trinajstić information content (AvgIpc) is 2.35. The largest absolute Gasteiger partial charge is 0.285 e. The van der Waals surface area contributed by atoms with E-state index in [1.165, 1.54) is 0 Å². The van der Waals surface area contributed by atoms with Crippen LogP contribution < -0.4 is 0 Å². The molecule has 2 heteroatoms. The first-order chi connectivity index (χ1) is 8.24. The lowest BCUT2D eigenvalue weighted by molar-refractivity contribution is -0.111. The molecular weight excluding hydrogens is 212 g/mol. The van der Waals surface area contributed by atoms with Crippen LogP contribution in [0.2, 0.25) is 0 Å². The molecule has 86 valence electrons. The van der Waals surface area contributed by atoms with Crippen LogP contribution >= 0.6 is 0 Å². The molecule has 1 aliphatic rings. The monoisotopic (exact) mass is 226 g/mol. The van der Waals surface area contributed by atoms with E-state index in [4.69, 9.17) is 0 Å². The van der Waals surface area contributed by atoms with Crippen molar-refractivity contribution in [2.75, 3.05) is 0 Å². The van der Waals surface area contributed by atoms with Gasteiger partial charge in [-0.3, -0.25) is 9.59 Å². The molecule has 0 saturated carbocycles. The molecule has 1 aliphatic carbocycles. The highest BCUT2D eigenvalue weighted by Crippen LogP contribution is 2.22. The summed E-state index contributed by atoms with van der Waals surface area (Å²) in [7, 11) is 0. The summed E-state index contributed by atoms with van der Waals surface area (Å²) in [6, 6.07) is 7.19. The van der Waals surface area contributed by atoms with Crippen LogP contribution in [-0.2, 0) is 4.79 Å². The Hall–Kier alpha value is -1.96. The SMILES string of the molecule is CCCC=CC1=Cc2ccccc2C(=O)C1=O. The molecule has 1 aromatic rings. The van der Waals surface area contributed by atoms with Gasteiger partial charge in [-0.1, -0.05) is 49.8 Å². The number of Topliss-reactive ketones (excluding diaryl/α,β-unsaturated/α-hetero) is 2. The predicted octanol–water partition coefficient (Wildman–Crippen LogP) is 3.19. The van der Waals surface area contributed by atoms with Gasteiger partial charge in [-0.25, -0.2) is 0 Å². The molecule has 0 aliphatic heterocycles. The highest BCUT2D eigenvalue weighted by atomic mass is 16.2. The van der Waals surface area contributed by atoms with Crippen molar-refractivity contribution in [1.29, 1.82) is 0 Å². The van der Waals surface area contributed by atoms with Gasteiger partial charge in [-0.15, -0.1) is 0 Å². The summed E-state index contributed by atoms with van der Waals surface area (Å²) in [6.07, 6.45) is 7.42. The zero-order valence-electron chi connectivity index (χ0n) is 9.77. The molecule has 0 spiro atoms. The number of ketones is 2. The smallest absolute Gasteiger partial charge is 0.234 e. The van der Waals surface area contributed by atoms with E-state index in [9.17, 15) is 9.59 Å². The second kappa shape index (κ2) is 4.91. The Morgan fingerprint density at radius 3 is 2.65 bits per heavy atom. The normalized spacial score (nSPS) is 15.0. The molecule has 1 aromatic carbocycles. The van der Waals surface area contributed by atoms with Crippen LogP contribution in [0.15, 0.2) is 42.0 Å². The molecular formula is C15H14O2. The Kier molecular flexibility index (Phi) is 3.33. The van der Waals surface area contributed by atoms with Crippen molar-refractivity contribution in [3.05, 3.63) is 53.1 Å². The van der Waals surface area contributed by atoms with Gasteiger partial charge in [0.2, 0.25) is 11.6 Å². The van der Waals surface area contributed by atoms with Crippen molar-refractivity contribution in [2.24, 2.45) is 0 Å². The van der Waals surface area contributed by atoms with Gasteiger partial charge in [0.25, 0.3) is 0 Å². The number of carbonyl (C=O) groups is 2. The molecule has 0 aromatic heterocycles. The number of rotatable bonds is 3. The van der Waals surface area contributed by atoms with Crippen LogP contribution in [0.4, 0.5) is 0 Å². The summed E-state index contributed by atoms with van der Waals surface area (Å²) >= 11 is 0. The average molecular weight is 226 g/mol. The van der Waals surface area contributed by atoms with E-state index < -0.39 is 11.6 Å². The standard InChI is InChI=1S/C15H14O2/c1-2-3-4-8-12-10-11-7-5-6-9-13(11)15(17)14(12)16/h4-10H,2-3H2,1H3.